The molecule has 4 nitrogen and oxygen atoms in total. The number of thiocarbonyl (C=S) groups is 1. The van der Waals surface area contributed by atoms with Gasteiger partial charge < -0.3 is 10.6 Å². The first kappa shape index (κ1) is 20.0. The summed E-state index contributed by atoms with van der Waals surface area (Å²) in [5.74, 6) is 0.489. The van der Waals surface area contributed by atoms with Gasteiger partial charge in [-0.15, -0.1) is 0 Å². The highest BCUT2D eigenvalue weighted by Gasteiger charge is 2.10. The fraction of sp³-hybridized carbons (Fsp3) is 0.158. The first-order valence-electron chi connectivity index (χ1n) is 8.18. The topological polar surface area (TPSA) is 41.9 Å². The monoisotopic (exact) mass is 438 g/mol. The molecule has 0 saturated carbocycles. The Labute approximate surface area is 178 Å². The van der Waals surface area contributed by atoms with E-state index in [0.29, 0.717) is 39.1 Å². The van der Waals surface area contributed by atoms with Crippen LogP contribution in [-0.2, 0) is 13.1 Å². The van der Waals surface area contributed by atoms with Gasteiger partial charge in [0.15, 0.2) is 10.9 Å². The third kappa shape index (κ3) is 5.59. The van der Waals surface area contributed by atoms with Crippen molar-refractivity contribution in [2.75, 3.05) is 5.32 Å². The molecule has 0 amide bonds. The highest BCUT2D eigenvalue weighted by Crippen LogP contribution is 2.24. The molecule has 0 fully saturated rings. The number of halogens is 3. The number of hydrogen-bond acceptors (Lipinski definition) is 2. The molecule has 0 saturated heterocycles. The van der Waals surface area contributed by atoms with E-state index in [1.807, 2.05) is 6.07 Å². The van der Waals surface area contributed by atoms with E-state index >= 15 is 0 Å². The van der Waals surface area contributed by atoms with Crippen LogP contribution >= 0.6 is 47.0 Å². The minimum Gasteiger partial charge on any atom is -0.358 e. The molecule has 0 aliphatic carbocycles. The second-order valence-electron chi connectivity index (χ2n) is 6.05. The summed E-state index contributed by atoms with van der Waals surface area (Å²) < 4.78 is 1.70. The van der Waals surface area contributed by atoms with E-state index in [1.54, 1.807) is 23.0 Å². The maximum atomic E-state index is 6.27. The minimum atomic E-state index is 0.451. The van der Waals surface area contributed by atoms with Gasteiger partial charge in [-0.25, -0.2) is 0 Å². The zero-order chi connectivity index (χ0) is 19.4. The van der Waals surface area contributed by atoms with E-state index in [4.69, 9.17) is 47.0 Å². The Morgan fingerprint density at radius 1 is 1.07 bits per heavy atom. The Kier molecular flexibility index (Phi) is 6.60. The van der Waals surface area contributed by atoms with Crippen molar-refractivity contribution < 1.29 is 0 Å². The van der Waals surface area contributed by atoms with Gasteiger partial charge in [0.1, 0.15) is 5.02 Å². The molecule has 2 N–H and O–H groups in total. The van der Waals surface area contributed by atoms with E-state index in [1.165, 1.54) is 5.56 Å². The van der Waals surface area contributed by atoms with Gasteiger partial charge >= 0.3 is 0 Å². The average Bonchev–Trinajstić information content (AvgIpc) is 2.96. The quantitative estimate of drug-likeness (QED) is 0.501. The Hall–Kier alpha value is -1.79. The summed E-state index contributed by atoms with van der Waals surface area (Å²) in [6.45, 7) is 3.14. The molecule has 8 heteroatoms. The highest BCUT2D eigenvalue weighted by atomic mass is 35.5. The number of nitrogens with zero attached hydrogens (tertiary/aromatic N) is 2. The molecule has 0 atom stereocenters. The fourth-order valence-corrected chi connectivity index (χ4v) is 3.26. The van der Waals surface area contributed by atoms with Crippen LogP contribution < -0.4 is 10.6 Å². The second kappa shape index (κ2) is 8.93. The summed E-state index contributed by atoms with van der Waals surface area (Å²) in [6, 6.07) is 13.6. The number of benzene rings is 2. The third-order valence-electron chi connectivity index (χ3n) is 3.87. The van der Waals surface area contributed by atoms with Gasteiger partial charge in [0.2, 0.25) is 0 Å². The maximum absolute atomic E-state index is 6.27. The Balaban J connectivity index is 1.60. The predicted molar refractivity (Wildman–Crippen MR) is 117 cm³/mol. The maximum Gasteiger partial charge on any atom is 0.173 e. The molecule has 0 aliphatic rings. The lowest BCUT2D eigenvalue weighted by molar-refractivity contribution is 0.690. The van der Waals surface area contributed by atoms with E-state index in [0.717, 1.165) is 11.1 Å². The number of aryl methyl sites for hydroxylation is 1. The SMILES string of the molecule is Cc1ccc(CNC(=S)Nc2nn(Cc3ccc(Cl)cc3Cl)cc2Cl)cc1. The number of aromatic nitrogens is 2. The number of hydrogen-bond donors (Lipinski definition) is 2. The van der Waals surface area contributed by atoms with Crippen molar-refractivity contribution in [2.24, 2.45) is 0 Å². The molecule has 27 heavy (non-hydrogen) atoms. The summed E-state index contributed by atoms with van der Waals surface area (Å²) >= 11 is 23.7. The van der Waals surface area contributed by atoms with E-state index in [9.17, 15) is 0 Å². The largest absolute Gasteiger partial charge is 0.358 e. The van der Waals surface area contributed by atoms with Gasteiger partial charge in [0.25, 0.3) is 0 Å². The lowest BCUT2D eigenvalue weighted by Crippen LogP contribution is -2.28. The molecular formula is C19H17Cl3N4S. The summed E-state index contributed by atoms with van der Waals surface area (Å²) in [7, 11) is 0. The summed E-state index contributed by atoms with van der Waals surface area (Å²) in [5, 5.41) is 12.7. The van der Waals surface area contributed by atoms with E-state index < -0.39 is 0 Å². The van der Waals surface area contributed by atoms with Gasteiger partial charge in [0.05, 0.1) is 6.54 Å². The average molecular weight is 440 g/mol. The van der Waals surface area contributed by atoms with Crippen molar-refractivity contribution in [3.63, 3.8) is 0 Å². The van der Waals surface area contributed by atoms with Crippen LogP contribution in [-0.4, -0.2) is 14.9 Å². The van der Waals surface area contributed by atoms with Crippen molar-refractivity contribution in [1.29, 1.82) is 0 Å². The van der Waals surface area contributed by atoms with Crippen LogP contribution in [0.3, 0.4) is 0 Å². The Morgan fingerprint density at radius 3 is 2.52 bits per heavy atom. The van der Waals surface area contributed by atoms with Gasteiger partial charge in [-0.3, -0.25) is 4.68 Å². The molecule has 3 rings (SSSR count). The van der Waals surface area contributed by atoms with Gasteiger partial charge in [-0.05, 0) is 42.4 Å². The lowest BCUT2D eigenvalue weighted by Gasteiger charge is -2.09. The molecule has 140 valence electrons. The standard InChI is InChI=1S/C19H17Cl3N4S/c1-12-2-4-13(5-3-12)9-23-19(27)24-18-17(22)11-26(25-18)10-14-6-7-15(20)8-16(14)21/h2-8,11H,9-10H2,1H3,(H2,23,24,25,27). The molecule has 0 radical (unpaired) electrons. The first-order chi connectivity index (χ1) is 12.9. The smallest absolute Gasteiger partial charge is 0.173 e. The van der Waals surface area contributed by atoms with Crippen LogP contribution in [0, 0.1) is 6.92 Å². The van der Waals surface area contributed by atoms with Crippen LogP contribution in [0.5, 0.6) is 0 Å². The van der Waals surface area contributed by atoms with Gasteiger partial charge in [-0.1, -0.05) is 70.7 Å². The summed E-state index contributed by atoms with van der Waals surface area (Å²) in [6.07, 6.45) is 1.72. The van der Waals surface area contributed by atoms with Gasteiger partial charge in [0, 0.05) is 22.8 Å². The van der Waals surface area contributed by atoms with Crippen molar-refractivity contribution in [3.8, 4) is 0 Å². The second-order valence-corrected chi connectivity index (χ2v) is 7.71. The number of nitrogens with one attached hydrogen (secondary N) is 2. The van der Waals surface area contributed by atoms with Crippen molar-refractivity contribution >= 4 is 58.0 Å². The summed E-state index contributed by atoms with van der Waals surface area (Å²) in [5.41, 5.74) is 3.25. The first-order valence-corrected chi connectivity index (χ1v) is 9.72. The predicted octanol–water partition coefficient (Wildman–Crippen LogP) is 5.69. The minimum absolute atomic E-state index is 0.451. The zero-order valence-corrected chi connectivity index (χ0v) is 17.6. The van der Waals surface area contributed by atoms with Crippen LogP contribution in [0.4, 0.5) is 5.82 Å². The van der Waals surface area contributed by atoms with Crippen molar-refractivity contribution in [3.05, 3.63) is 80.4 Å². The molecule has 0 bridgehead atoms. The van der Waals surface area contributed by atoms with Crippen molar-refractivity contribution in [1.82, 2.24) is 15.1 Å². The molecular weight excluding hydrogens is 423 g/mol. The Bertz CT molecular complexity index is 954. The number of anilines is 1. The van der Waals surface area contributed by atoms with Crippen molar-refractivity contribution in [2.45, 2.75) is 20.0 Å². The zero-order valence-electron chi connectivity index (χ0n) is 14.5. The fourth-order valence-electron chi connectivity index (χ4n) is 2.43. The highest BCUT2D eigenvalue weighted by molar-refractivity contribution is 7.80. The van der Waals surface area contributed by atoms with E-state index in [2.05, 4.69) is 46.9 Å². The molecule has 0 aliphatic heterocycles. The van der Waals surface area contributed by atoms with E-state index in [-0.39, 0.29) is 0 Å². The molecule has 0 spiro atoms. The molecule has 3 aromatic rings. The normalized spacial score (nSPS) is 10.7. The van der Waals surface area contributed by atoms with Crippen LogP contribution in [0.25, 0.3) is 0 Å². The van der Waals surface area contributed by atoms with Crippen LogP contribution in [0.1, 0.15) is 16.7 Å². The van der Waals surface area contributed by atoms with Crippen LogP contribution in [0.15, 0.2) is 48.7 Å². The van der Waals surface area contributed by atoms with Gasteiger partial charge in [-0.2, -0.15) is 5.10 Å². The summed E-state index contributed by atoms with van der Waals surface area (Å²) in [4.78, 5) is 0. The molecule has 1 heterocycles. The Morgan fingerprint density at radius 2 is 1.81 bits per heavy atom. The lowest BCUT2D eigenvalue weighted by atomic mass is 10.1. The molecule has 1 aromatic heterocycles. The van der Waals surface area contributed by atoms with Crippen LogP contribution in [0.2, 0.25) is 15.1 Å². The number of rotatable bonds is 5. The third-order valence-corrected chi connectivity index (χ3v) is 4.98. The molecule has 0 unspecified atom stereocenters. The molecule has 2 aromatic carbocycles.